The summed E-state index contributed by atoms with van der Waals surface area (Å²) < 4.78 is 13.0. The lowest BCUT2D eigenvalue weighted by molar-refractivity contribution is -0.116. The molecule has 0 aliphatic carbocycles. The van der Waals surface area contributed by atoms with E-state index >= 15 is 0 Å². The van der Waals surface area contributed by atoms with Crippen molar-refractivity contribution in [3.05, 3.63) is 64.0 Å². The molecule has 2 atom stereocenters. The Labute approximate surface area is 128 Å². The number of benzene rings is 2. The topological polar surface area (TPSA) is 49.3 Å². The molecule has 1 amide bonds. The van der Waals surface area contributed by atoms with Crippen LogP contribution in [0.4, 0.5) is 10.1 Å². The summed E-state index contributed by atoms with van der Waals surface area (Å²) in [5.74, 6) is -0.583. The fraction of sp³-hybridized carbons (Fsp3) is 0.278. The molecule has 1 aliphatic rings. The van der Waals surface area contributed by atoms with Crippen LogP contribution in [-0.2, 0) is 4.79 Å². The zero-order chi connectivity index (χ0) is 16.0. The second kappa shape index (κ2) is 5.21. The first-order valence-corrected chi connectivity index (χ1v) is 7.28. The summed E-state index contributed by atoms with van der Waals surface area (Å²) in [6, 6.07) is 7.71. The number of nitrogens with one attached hydrogen (secondary N) is 1. The first kappa shape index (κ1) is 14.7. The molecule has 0 fully saturated rings. The largest absolute Gasteiger partial charge is 0.384 e. The molecule has 0 saturated carbocycles. The minimum absolute atomic E-state index is 0.0223. The van der Waals surface area contributed by atoms with Crippen molar-refractivity contribution in [1.29, 1.82) is 0 Å². The Morgan fingerprint density at radius 2 is 1.82 bits per heavy atom. The zero-order valence-corrected chi connectivity index (χ0v) is 12.8. The van der Waals surface area contributed by atoms with E-state index in [0.29, 0.717) is 5.56 Å². The van der Waals surface area contributed by atoms with Crippen molar-refractivity contribution in [2.75, 3.05) is 5.32 Å². The Bertz CT molecular complexity index is 753. The minimum atomic E-state index is -0.840. The third-order valence-corrected chi connectivity index (χ3v) is 4.56. The highest BCUT2D eigenvalue weighted by Gasteiger charge is 2.30. The monoisotopic (exact) mass is 299 g/mol. The van der Waals surface area contributed by atoms with Crippen molar-refractivity contribution in [1.82, 2.24) is 0 Å². The van der Waals surface area contributed by atoms with Gasteiger partial charge in [0.1, 0.15) is 11.9 Å². The van der Waals surface area contributed by atoms with E-state index in [1.54, 1.807) is 12.1 Å². The third-order valence-electron chi connectivity index (χ3n) is 4.56. The summed E-state index contributed by atoms with van der Waals surface area (Å²) in [5, 5.41) is 13.5. The highest BCUT2D eigenvalue weighted by molar-refractivity contribution is 6.03. The summed E-state index contributed by atoms with van der Waals surface area (Å²) in [7, 11) is 0. The number of halogens is 1. The normalized spacial score (nSPS) is 18.0. The molecule has 22 heavy (non-hydrogen) atoms. The maximum atomic E-state index is 13.0. The first-order valence-electron chi connectivity index (χ1n) is 7.28. The van der Waals surface area contributed by atoms with Gasteiger partial charge in [0.25, 0.3) is 0 Å². The van der Waals surface area contributed by atoms with Crippen molar-refractivity contribution in [2.24, 2.45) is 0 Å². The smallest absolute Gasteiger partial charge is 0.231 e. The van der Waals surface area contributed by atoms with Crippen molar-refractivity contribution in [2.45, 2.75) is 32.8 Å². The number of carbonyl (C=O) groups excluding carboxylic acids is 1. The Kier molecular flexibility index (Phi) is 3.49. The molecule has 3 rings (SSSR count). The van der Waals surface area contributed by atoms with Crippen molar-refractivity contribution < 1.29 is 14.3 Å². The van der Waals surface area contributed by atoms with E-state index in [0.717, 1.165) is 27.9 Å². The molecule has 114 valence electrons. The first-order chi connectivity index (χ1) is 10.4. The van der Waals surface area contributed by atoms with Gasteiger partial charge in [0.2, 0.25) is 5.91 Å². The van der Waals surface area contributed by atoms with Crippen LogP contribution in [-0.4, -0.2) is 11.0 Å². The van der Waals surface area contributed by atoms with Crippen LogP contribution in [0.5, 0.6) is 0 Å². The number of aliphatic hydroxyl groups is 1. The van der Waals surface area contributed by atoms with Crippen molar-refractivity contribution >= 4 is 11.6 Å². The molecular weight excluding hydrogens is 281 g/mol. The van der Waals surface area contributed by atoms with Crippen molar-refractivity contribution in [3.63, 3.8) is 0 Å². The van der Waals surface area contributed by atoms with E-state index in [2.05, 4.69) is 5.32 Å². The fourth-order valence-corrected chi connectivity index (χ4v) is 2.96. The Hall–Kier alpha value is -2.20. The molecular formula is C18H18FNO2. The van der Waals surface area contributed by atoms with Crippen LogP contribution in [0.1, 0.15) is 46.8 Å². The lowest BCUT2D eigenvalue weighted by Gasteiger charge is -2.19. The molecule has 2 aromatic carbocycles. The van der Waals surface area contributed by atoms with Crippen molar-refractivity contribution in [3.8, 4) is 0 Å². The third kappa shape index (κ3) is 2.20. The summed E-state index contributed by atoms with van der Waals surface area (Å²) in [6.07, 6.45) is -0.840. The Balaban J connectivity index is 2.10. The van der Waals surface area contributed by atoms with Gasteiger partial charge in [0, 0.05) is 5.69 Å². The second-order valence-corrected chi connectivity index (χ2v) is 5.85. The molecule has 0 bridgehead atoms. The molecule has 2 aromatic rings. The maximum absolute atomic E-state index is 13.0. The SMILES string of the molecule is Cc1c(C(O)c2ccc(F)cc2)cc2c(c1C)NC(=O)C2C. The number of anilines is 1. The highest BCUT2D eigenvalue weighted by atomic mass is 19.1. The van der Waals surface area contributed by atoms with Crippen LogP contribution >= 0.6 is 0 Å². The van der Waals surface area contributed by atoms with Crippen LogP contribution in [0.2, 0.25) is 0 Å². The van der Waals surface area contributed by atoms with Crippen LogP contribution in [0.25, 0.3) is 0 Å². The fourth-order valence-electron chi connectivity index (χ4n) is 2.96. The molecule has 2 unspecified atom stereocenters. The molecule has 2 N–H and O–H groups in total. The average molecular weight is 299 g/mol. The van der Waals surface area contributed by atoms with Gasteiger partial charge in [-0.3, -0.25) is 4.79 Å². The standard InChI is InChI=1S/C18H18FNO2/c1-9-10(2)16-14(11(3)18(22)20-16)8-15(9)17(21)12-4-6-13(19)7-5-12/h4-8,11,17,21H,1-3H3,(H,20,22). The molecule has 0 spiro atoms. The van der Waals surface area contributed by atoms with Gasteiger partial charge in [-0.25, -0.2) is 4.39 Å². The predicted molar refractivity (Wildman–Crippen MR) is 83.4 cm³/mol. The number of hydrogen-bond donors (Lipinski definition) is 2. The summed E-state index contributed by atoms with van der Waals surface area (Å²) in [6.45, 7) is 5.71. The van der Waals surface area contributed by atoms with Gasteiger partial charge in [-0.1, -0.05) is 12.1 Å². The van der Waals surface area contributed by atoms with E-state index < -0.39 is 6.10 Å². The van der Waals surface area contributed by atoms with Gasteiger partial charge in [-0.2, -0.15) is 0 Å². The minimum Gasteiger partial charge on any atom is -0.384 e. The van der Waals surface area contributed by atoms with E-state index in [4.69, 9.17) is 0 Å². The number of hydrogen-bond acceptors (Lipinski definition) is 2. The van der Waals surface area contributed by atoms with Gasteiger partial charge in [-0.15, -0.1) is 0 Å². The molecule has 3 nitrogen and oxygen atoms in total. The number of rotatable bonds is 2. The van der Waals surface area contributed by atoms with Gasteiger partial charge in [0.05, 0.1) is 5.92 Å². The quantitative estimate of drug-likeness (QED) is 0.890. The van der Waals surface area contributed by atoms with Gasteiger partial charge < -0.3 is 10.4 Å². The maximum Gasteiger partial charge on any atom is 0.231 e. The van der Waals surface area contributed by atoms with Gasteiger partial charge in [0.15, 0.2) is 0 Å². The molecule has 0 radical (unpaired) electrons. The lowest BCUT2D eigenvalue weighted by Crippen LogP contribution is -2.08. The van der Waals surface area contributed by atoms with E-state index in [1.807, 2.05) is 26.8 Å². The van der Waals surface area contributed by atoms with Crippen LogP contribution in [0.3, 0.4) is 0 Å². The zero-order valence-electron chi connectivity index (χ0n) is 12.8. The predicted octanol–water partition coefficient (Wildman–Crippen LogP) is 3.58. The second-order valence-electron chi connectivity index (χ2n) is 5.85. The highest BCUT2D eigenvalue weighted by Crippen LogP contribution is 2.40. The van der Waals surface area contributed by atoms with E-state index in [-0.39, 0.29) is 17.6 Å². The van der Waals surface area contributed by atoms with Crippen LogP contribution in [0, 0.1) is 19.7 Å². The van der Waals surface area contributed by atoms with E-state index in [9.17, 15) is 14.3 Å². The summed E-state index contributed by atoms with van der Waals surface area (Å²) in [4.78, 5) is 11.9. The van der Waals surface area contributed by atoms with Gasteiger partial charge in [-0.05, 0) is 66.8 Å². The average Bonchev–Trinajstić information content (AvgIpc) is 2.79. The summed E-state index contributed by atoms with van der Waals surface area (Å²) in [5.41, 5.74) is 5.05. The summed E-state index contributed by atoms with van der Waals surface area (Å²) >= 11 is 0. The molecule has 1 heterocycles. The van der Waals surface area contributed by atoms with Crippen LogP contribution in [0.15, 0.2) is 30.3 Å². The number of fused-ring (bicyclic) bond motifs is 1. The van der Waals surface area contributed by atoms with E-state index in [1.165, 1.54) is 12.1 Å². The molecule has 0 aromatic heterocycles. The Morgan fingerprint density at radius 3 is 2.45 bits per heavy atom. The number of aliphatic hydroxyl groups excluding tert-OH is 1. The lowest BCUT2D eigenvalue weighted by atomic mass is 9.89. The molecule has 1 aliphatic heterocycles. The van der Waals surface area contributed by atoms with Gasteiger partial charge >= 0.3 is 0 Å². The molecule has 0 saturated heterocycles. The molecule has 4 heteroatoms. The number of amides is 1. The number of carbonyl (C=O) groups is 1. The Morgan fingerprint density at radius 1 is 1.18 bits per heavy atom. The van der Waals surface area contributed by atoms with Crippen LogP contribution < -0.4 is 5.32 Å².